The number of amides is 3. The average Bonchev–Trinajstić information content (AvgIpc) is 3.73. The third-order valence-corrected chi connectivity index (χ3v) is 9.08. The van der Waals surface area contributed by atoms with Crippen molar-refractivity contribution in [2.75, 3.05) is 5.32 Å². The van der Waals surface area contributed by atoms with E-state index >= 15 is 0 Å². The molecular weight excluding hydrogens is 512 g/mol. The summed E-state index contributed by atoms with van der Waals surface area (Å²) in [7, 11) is 0. The highest BCUT2D eigenvalue weighted by Gasteiger charge is 2.67. The molecule has 4 aliphatic carbocycles. The Morgan fingerprint density at radius 3 is 2.13 bits per heavy atom. The number of hydrogen-bond acceptors (Lipinski definition) is 4. The predicted molar refractivity (Wildman–Crippen MR) is 147 cm³/mol. The first kappa shape index (κ1) is 24.2. The molecule has 196 valence electrons. The van der Waals surface area contributed by atoms with Gasteiger partial charge in [-0.2, -0.15) is 0 Å². The van der Waals surface area contributed by atoms with Crippen LogP contribution in [0.25, 0.3) is 0 Å². The number of likely N-dealkylation sites (tertiary alicyclic amines) is 1. The van der Waals surface area contributed by atoms with Gasteiger partial charge in [-0.05, 0) is 72.1 Å². The summed E-state index contributed by atoms with van der Waals surface area (Å²) in [5.74, 6) is 0.858. The van der Waals surface area contributed by atoms with Crippen LogP contribution in [-0.4, -0.2) is 28.7 Å². The summed E-state index contributed by atoms with van der Waals surface area (Å²) in [6.07, 6.45) is 5.65. The number of hydrogen-bond donors (Lipinski definition) is 1. The first-order valence-electron chi connectivity index (χ1n) is 13.4. The minimum Gasteiger partial charge on any atom is -0.456 e. The summed E-state index contributed by atoms with van der Waals surface area (Å²) in [5.41, 5.74) is 1.43. The summed E-state index contributed by atoms with van der Waals surface area (Å²) in [6.45, 7) is 0. The number of carbonyl (C=O) groups is 3. The second-order valence-corrected chi connectivity index (χ2v) is 11.4. The van der Waals surface area contributed by atoms with Crippen LogP contribution >= 0.6 is 11.6 Å². The van der Waals surface area contributed by atoms with Gasteiger partial charge >= 0.3 is 0 Å². The Balaban J connectivity index is 1.13. The molecule has 2 saturated carbocycles. The highest BCUT2D eigenvalue weighted by atomic mass is 35.5. The predicted octanol–water partition coefficient (Wildman–Crippen LogP) is 5.74. The zero-order valence-electron chi connectivity index (χ0n) is 21.1. The van der Waals surface area contributed by atoms with Crippen molar-refractivity contribution in [1.82, 2.24) is 4.90 Å². The van der Waals surface area contributed by atoms with Crippen LogP contribution in [0.15, 0.2) is 91.0 Å². The van der Waals surface area contributed by atoms with E-state index in [4.69, 9.17) is 16.3 Å². The summed E-state index contributed by atoms with van der Waals surface area (Å²) in [4.78, 5) is 42.6. The second-order valence-electron chi connectivity index (χ2n) is 11.0. The van der Waals surface area contributed by atoms with Gasteiger partial charge in [0, 0.05) is 12.1 Å². The van der Waals surface area contributed by atoms with Gasteiger partial charge in [0.1, 0.15) is 17.5 Å². The lowest BCUT2D eigenvalue weighted by atomic mass is 9.63. The van der Waals surface area contributed by atoms with E-state index < -0.39 is 6.04 Å². The zero-order chi connectivity index (χ0) is 26.7. The van der Waals surface area contributed by atoms with Crippen molar-refractivity contribution in [2.24, 2.45) is 35.5 Å². The number of allylic oxidation sites excluding steroid dienone is 2. The fourth-order valence-electron chi connectivity index (χ4n) is 6.91. The van der Waals surface area contributed by atoms with E-state index in [0.717, 1.165) is 12.0 Å². The molecule has 7 heteroatoms. The van der Waals surface area contributed by atoms with Crippen LogP contribution in [0.4, 0.5) is 5.69 Å². The molecule has 0 aromatic heterocycles. The van der Waals surface area contributed by atoms with Gasteiger partial charge in [-0.15, -0.1) is 0 Å². The van der Waals surface area contributed by atoms with Crippen LogP contribution in [-0.2, 0) is 20.8 Å². The van der Waals surface area contributed by atoms with Crippen molar-refractivity contribution >= 4 is 35.0 Å². The van der Waals surface area contributed by atoms with Crippen molar-refractivity contribution in [3.63, 3.8) is 0 Å². The van der Waals surface area contributed by atoms with Crippen molar-refractivity contribution in [3.05, 3.63) is 102 Å². The maximum absolute atomic E-state index is 13.8. The maximum atomic E-state index is 13.8. The number of rotatable bonds is 7. The van der Waals surface area contributed by atoms with E-state index in [2.05, 4.69) is 17.5 Å². The molecule has 5 aliphatic rings. The Bertz CT molecular complexity index is 1450. The molecule has 0 unspecified atom stereocenters. The Labute approximate surface area is 231 Å². The lowest BCUT2D eigenvalue weighted by Gasteiger charge is -2.37. The average molecular weight is 539 g/mol. The van der Waals surface area contributed by atoms with Crippen molar-refractivity contribution in [1.29, 1.82) is 0 Å². The quantitative estimate of drug-likeness (QED) is 0.308. The van der Waals surface area contributed by atoms with Crippen LogP contribution in [0.1, 0.15) is 12.0 Å². The van der Waals surface area contributed by atoms with E-state index in [1.54, 1.807) is 36.4 Å². The van der Waals surface area contributed by atoms with Gasteiger partial charge in [-0.3, -0.25) is 19.3 Å². The van der Waals surface area contributed by atoms with E-state index in [1.807, 2.05) is 42.5 Å². The summed E-state index contributed by atoms with van der Waals surface area (Å²) in [5, 5.41) is 3.44. The number of nitrogens with zero attached hydrogens (tertiary/aromatic N) is 1. The minimum absolute atomic E-state index is 0.109. The lowest BCUT2D eigenvalue weighted by molar-refractivity contribution is -0.146. The molecule has 2 bridgehead atoms. The number of halogens is 1. The third kappa shape index (κ3) is 4.14. The largest absolute Gasteiger partial charge is 0.456 e. The normalized spacial score (nSPS) is 28.6. The van der Waals surface area contributed by atoms with Crippen LogP contribution < -0.4 is 10.1 Å². The second kappa shape index (κ2) is 9.38. The number of imide groups is 1. The van der Waals surface area contributed by atoms with Crippen LogP contribution in [0.5, 0.6) is 11.5 Å². The van der Waals surface area contributed by atoms with Gasteiger partial charge in [-0.25, -0.2) is 0 Å². The minimum atomic E-state index is -0.937. The van der Waals surface area contributed by atoms with Gasteiger partial charge < -0.3 is 10.1 Å². The molecule has 0 spiro atoms. The topological polar surface area (TPSA) is 75.7 Å². The van der Waals surface area contributed by atoms with Gasteiger partial charge in [0.15, 0.2) is 0 Å². The number of anilines is 1. The van der Waals surface area contributed by atoms with Crippen molar-refractivity contribution < 1.29 is 19.1 Å². The van der Waals surface area contributed by atoms with E-state index in [1.165, 1.54) is 4.90 Å². The molecule has 1 aliphatic heterocycles. The fraction of sp³-hybridized carbons (Fsp3) is 0.281. The Morgan fingerprint density at radius 1 is 0.872 bits per heavy atom. The van der Waals surface area contributed by atoms with E-state index in [9.17, 15) is 14.4 Å². The first-order chi connectivity index (χ1) is 19.0. The van der Waals surface area contributed by atoms with Gasteiger partial charge in [0.25, 0.3) is 0 Å². The molecule has 3 amide bonds. The number of nitrogens with one attached hydrogen (secondary N) is 1. The van der Waals surface area contributed by atoms with Crippen molar-refractivity contribution in [3.8, 4) is 11.5 Å². The highest BCUT2D eigenvalue weighted by molar-refractivity contribution is 6.32. The molecule has 8 rings (SSSR count). The molecule has 39 heavy (non-hydrogen) atoms. The van der Waals surface area contributed by atoms with Crippen LogP contribution in [0, 0.1) is 35.5 Å². The van der Waals surface area contributed by atoms with Crippen molar-refractivity contribution in [2.45, 2.75) is 18.9 Å². The Kier molecular flexibility index (Phi) is 5.81. The smallest absolute Gasteiger partial charge is 0.248 e. The first-order valence-corrected chi connectivity index (χ1v) is 13.8. The molecule has 1 N–H and O–H groups in total. The van der Waals surface area contributed by atoms with E-state index in [-0.39, 0.29) is 47.8 Å². The van der Waals surface area contributed by atoms with Crippen LogP contribution in [0.2, 0.25) is 5.02 Å². The Hall–Kier alpha value is -3.90. The number of carbonyl (C=O) groups excluding carboxylic acids is 3. The van der Waals surface area contributed by atoms with E-state index in [0.29, 0.717) is 34.0 Å². The molecule has 3 aromatic rings. The molecule has 3 aromatic carbocycles. The number of benzene rings is 3. The number of ether oxygens (including phenoxy) is 1. The van der Waals surface area contributed by atoms with Gasteiger partial charge in [-0.1, -0.05) is 66.2 Å². The molecule has 1 saturated heterocycles. The molecular formula is C32H27ClN2O4. The summed E-state index contributed by atoms with van der Waals surface area (Å²) < 4.78 is 5.85. The van der Waals surface area contributed by atoms with Gasteiger partial charge in [0.05, 0.1) is 16.9 Å². The third-order valence-electron chi connectivity index (χ3n) is 8.77. The lowest BCUT2D eigenvalue weighted by Crippen LogP contribution is -2.49. The highest BCUT2D eigenvalue weighted by Crippen LogP contribution is 2.65. The number of para-hydroxylation sites is 1. The fourth-order valence-corrected chi connectivity index (χ4v) is 7.09. The maximum Gasteiger partial charge on any atom is 0.248 e. The standard InChI is InChI=1S/C32H27ClN2O4/c33-25-8-4-5-9-27(25)39-20-12-10-19(11-13-20)34-30(36)26(16-18-6-2-1-3-7-18)35-31(37)28-21-14-15-22(24-17-23(21)24)29(28)32(35)38/h1-15,21-24,26,28-29H,16-17H2,(H,34,36)/t21-,22-,23-,24+,26-,28-,29+/m0/s1. The van der Waals surface area contributed by atoms with Gasteiger partial charge in [0.2, 0.25) is 17.7 Å². The molecule has 1 heterocycles. The Morgan fingerprint density at radius 2 is 1.49 bits per heavy atom. The molecule has 7 atom stereocenters. The monoisotopic (exact) mass is 538 g/mol. The summed E-state index contributed by atoms with van der Waals surface area (Å²) >= 11 is 6.19. The SMILES string of the molecule is O=C(Nc1ccc(Oc2ccccc2Cl)cc1)[C@H](Cc1ccccc1)N1C(=O)[C@@H]2[C@H]3C=C[C@@H]([C@@H]4C[C@H]34)[C@@H]2C1=O. The zero-order valence-corrected chi connectivity index (χ0v) is 21.8. The molecule has 0 radical (unpaired) electrons. The molecule has 3 fully saturated rings. The summed E-state index contributed by atoms with van der Waals surface area (Å²) in [6, 6.07) is 22.7. The molecule has 6 nitrogen and oxygen atoms in total. The van der Waals surface area contributed by atoms with Crippen LogP contribution in [0.3, 0.4) is 0 Å².